The quantitative estimate of drug-likeness (QED) is 0.834. The van der Waals surface area contributed by atoms with Crippen molar-refractivity contribution in [1.29, 1.82) is 5.26 Å². The third kappa shape index (κ3) is 3.52. The lowest BCUT2D eigenvalue weighted by Crippen LogP contribution is -2.47. The lowest BCUT2D eigenvalue weighted by molar-refractivity contribution is 0.114. The summed E-state index contributed by atoms with van der Waals surface area (Å²) < 4.78 is 12.9. The van der Waals surface area contributed by atoms with Crippen molar-refractivity contribution in [3.8, 4) is 6.07 Å². The normalized spacial score (nSPS) is 19.0. The number of piperazine rings is 1. The third-order valence-electron chi connectivity index (χ3n) is 3.62. The zero-order valence-corrected chi connectivity index (χ0v) is 11.3. The van der Waals surface area contributed by atoms with Gasteiger partial charge in [-0.05, 0) is 30.7 Å². The molecule has 0 aliphatic carbocycles. The number of nitrogens with zero attached hydrogens (tertiary/aromatic N) is 3. The van der Waals surface area contributed by atoms with E-state index in [4.69, 9.17) is 0 Å². The van der Waals surface area contributed by atoms with E-state index < -0.39 is 0 Å². The lowest BCUT2D eigenvalue weighted by atomic mass is 10.1. The Morgan fingerprint density at radius 2 is 1.84 bits per heavy atom. The summed E-state index contributed by atoms with van der Waals surface area (Å²) in [5.74, 6) is -0.256. The number of rotatable bonds is 4. The van der Waals surface area contributed by atoms with E-state index in [2.05, 4.69) is 22.8 Å². The van der Waals surface area contributed by atoms with Crippen molar-refractivity contribution in [2.24, 2.45) is 0 Å². The van der Waals surface area contributed by atoms with E-state index in [-0.39, 0.29) is 11.9 Å². The summed E-state index contributed by atoms with van der Waals surface area (Å²) in [5, 5.41) is 9.37. The maximum Gasteiger partial charge on any atom is 0.123 e. The minimum Gasteiger partial charge on any atom is -0.301 e. The molecule has 1 fully saturated rings. The molecule has 1 aromatic carbocycles. The summed E-state index contributed by atoms with van der Waals surface area (Å²) in [4.78, 5) is 4.61. The predicted molar refractivity (Wildman–Crippen MR) is 73.1 cm³/mol. The van der Waals surface area contributed by atoms with E-state index in [1.54, 1.807) is 12.1 Å². The average molecular weight is 261 g/mol. The molecule has 1 aliphatic heterocycles. The zero-order chi connectivity index (χ0) is 13.7. The number of hydrogen-bond donors (Lipinski definition) is 0. The van der Waals surface area contributed by atoms with Gasteiger partial charge in [-0.3, -0.25) is 4.90 Å². The largest absolute Gasteiger partial charge is 0.301 e. The SMILES string of the molecule is CCCN1CCN(C(C#N)c2ccc(F)cc2)CC1. The van der Waals surface area contributed by atoms with Crippen LogP contribution in [0.3, 0.4) is 0 Å². The second-order valence-corrected chi connectivity index (χ2v) is 4.96. The van der Waals surface area contributed by atoms with Crippen LogP contribution in [0.4, 0.5) is 4.39 Å². The van der Waals surface area contributed by atoms with Crippen LogP contribution in [0.25, 0.3) is 0 Å². The molecular weight excluding hydrogens is 241 g/mol. The molecule has 1 saturated heterocycles. The Kier molecular flexibility index (Phi) is 4.89. The molecule has 0 bridgehead atoms. The van der Waals surface area contributed by atoms with Crippen LogP contribution in [0.1, 0.15) is 24.9 Å². The highest BCUT2D eigenvalue weighted by Crippen LogP contribution is 2.21. The van der Waals surface area contributed by atoms with Crippen LogP contribution in [0.2, 0.25) is 0 Å². The molecule has 0 radical (unpaired) electrons. The molecule has 2 rings (SSSR count). The fourth-order valence-electron chi connectivity index (χ4n) is 2.57. The van der Waals surface area contributed by atoms with Gasteiger partial charge in [-0.1, -0.05) is 19.1 Å². The summed E-state index contributed by atoms with van der Waals surface area (Å²) in [5.41, 5.74) is 0.882. The molecule has 1 heterocycles. The van der Waals surface area contributed by atoms with Crippen LogP contribution < -0.4 is 0 Å². The molecule has 19 heavy (non-hydrogen) atoms. The van der Waals surface area contributed by atoms with Gasteiger partial charge in [-0.2, -0.15) is 5.26 Å². The first-order valence-corrected chi connectivity index (χ1v) is 6.86. The Bertz CT molecular complexity index is 430. The highest BCUT2D eigenvalue weighted by Gasteiger charge is 2.24. The molecule has 0 aromatic heterocycles. The number of halogens is 1. The van der Waals surface area contributed by atoms with Gasteiger partial charge in [-0.15, -0.1) is 0 Å². The van der Waals surface area contributed by atoms with Gasteiger partial charge >= 0.3 is 0 Å². The minimum absolute atomic E-state index is 0.256. The Hall–Kier alpha value is -1.44. The Labute approximate surface area is 114 Å². The van der Waals surface area contributed by atoms with Gasteiger partial charge in [0.1, 0.15) is 11.9 Å². The van der Waals surface area contributed by atoms with Crippen molar-refractivity contribution in [2.45, 2.75) is 19.4 Å². The van der Waals surface area contributed by atoms with E-state index >= 15 is 0 Å². The maximum absolute atomic E-state index is 12.9. The van der Waals surface area contributed by atoms with Gasteiger partial charge in [0.2, 0.25) is 0 Å². The highest BCUT2D eigenvalue weighted by atomic mass is 19.1. The summed E-state index contributed by atoms with van der Waals surface area (Å²) in [7, 11) is 0. The van der Waals surface area contributed by atoms with E-state index in [9.17, 15) is 9.65 Å². The molecule has 0 amide bonds. The molecule has 1 atom stereocenters. The molecule has 3 nitrogen and oxygen atoms in total. The molecule has 4 heteroatoms. The van der Waals surface area contributed by atoms with Crippen molar-refractivity contribution in [3.05, 3.63) is 35.6 Å². The van der Waals surface area contributed by atoms with E-state index in [0.29, 0.717) is 0 Å². The van der Waals surface area contributed by atoms with Gasteiger partial charge < -0.3 is 4.90 Å². The fourth-order valence-corrected chi connectivity index (χ4v) is 2.57. The fraction of sp³-hybridized carbons (Fsp3) is 0.533. The standard InChI is InChI=1S/C15H20FN3/c1-2-7-18-8-10-19(11-9-18)15(12-17)13-3-5-14(16)6-4-13/h3-6,15H,2,7-11H2,1H3. The van der Waals surface area contributed by atoms with Gasteiger partial charge in [0.25, 0.3) is 0 Å². The molecule has 1 aliphatic rings. The van der Waals surface area contributed by atoms with Crippen molar-refractivity contribution in [2.75, 3.05) is 32.7 Å². The first-order chi connectivity index (χ1) is 9.24. The van der Waals surface area contributed by atoms with E-state index in [1.165, 1.54) is 18.6 Å². The maximum atomic E-state index is 12.9. The van der Waals surface area contributed by atoms with Gasteiger partial charge in [0, 0.05) is 26.2 Å². The Morgan fingerprint density at radius 1 is 1.21 bits per heavy atom. The summed E-state index contributed by atoms with van der Waals surface area (Å²) in [6.45, 7) is 7.12. The average Bonchev–Trinajstić information content (AvgIpc) is 2.44. The minimum atomic E-state index is -0.260. The zero-order valence-electron chi connectivity index (χ0n) is 11.3. The lowest BCUT2D eigenvalue weighted by Gasteiger charge is -2.36. The topological polar surface area (TPSA) is 30.3 Å². The number of hydrogen-bond acceptors (Lipinski definition) is 3. The second kappa shape index (κ2) is 6.65. The highest BCUT2D eigenvalue weighted by molar-refractivity contribution is 5.24. The van der Waals surface area contributed by atoms with Crippen molar-refractivity contribution in [3.63, 3.8) is 0 Å². The van der Waals surface area contributed by atoms with Crippen LogP contribution in [0.15, 0.2) is 24.3 Å². The first-order valence-electron chi connectivity index (χ1n) is 6.86. The molecule has 102 valence electrons. The summed E-state index contributed by atoms with van der Waals surface area (Å²) in [6, 6.07) is 8.35. The van der Waals surface area contributed by atoms with E-state index in [0.717, 1.165) is 38.3 Å². The van der Waals surface area contributed by atoms with Crippen LogP contribution in [-0.2, 0) is 0 Å². The van der Waals surface area contributed by atoms with Crippen molar-refractivity contribution < 1.29 is 4.39 Å². The molecule has 0 N–H and O–H groups in total. The predicted octanol–water partition coefficient (Wildman–Crippen LogP) is 2.42. The van der Waals surface area contributed by atoms with Gasteiger partial charge in [-0.25, -0.2) is 4.39 Å². The van der Waals surface area contributed by atoms with Crippen LogP contribution >= 0.6 is 0 Å². The smallest absolute Gasteiger partial charge is 0.123 e. The number of nitriles is 1. The van der Waals surface area contributed by atoms with Crippen molar-refractivity contribution >= 4 is 0 Å². The number of benzene rings is 1. The van der Waals surface area contributed by atoms with E-state index in [1.807, 2.05) is 0 Å². The monoisotopic (exact) mass is 261 g/mol. The second-order valence-electron chi connectivity index (χ2n) is 4.96. The molecule has 0 spiro atoms. The van der Waals surface area contributed by atoms with Crippen LogP contribution in [0, 0.1) is 17.1 Å². The molecular formula is C15H20FN3. The van der Waals surface area contributed by atoms with Gasteiger partial charge in [0.05, 0.1) is 6.07 Å². The van der Waals surface area contributed by atoms with Crippen LogP contribution in [0.5, 0.6) is 0 Å². The van der Waals surface area contributed by atoms with Crippen molar-refractivity contribution in [1.82, 2.24) is 9.80 Å². The summed E-state index contributed by atoms with van der Waals surface area (Å²) >= 11 is 0. The Morgan fingerprint density at radius 3 is 2.37 bits per heavy atom. The van der Waals surface area contributed by atoms with Gasteiger partial charge in [0.15, 0.2) is 0 Å². The van der Waals surface area contributed by atoms with Crippen LogP contribution in [-0.4, -0.2) is 42.5 Å². The first kappa shape index (κ1) is 14.0. The molecule has 1 unspecified atom stereocenters. The summed E-state index contributed by atoms with van der Waals surface area (Å²) in [6.07, 6.45) is 1.17. The third-order valence-corrected chi connectivity index (χ3v) is 3.62. The molecule has 0 saturated carbocycles. The Balaban J connectivity index is 2.00. The molecule has 1 aromatic rings.